The third-order valence-electron chi connectivity index (χ3n) is 3.61. The van der Waals surface area contributed by atoms with Crippen LogP contribution < -0.4 is 25.3 Å². The monoisotopic (exact) mass is 324 g/mol. The minimum atomic E-state index is -0.514. The van der Waals surface area contributed by atoms with Gasteiger partial charge in [-0.1, -0.05) is 13.8 Å². The van der Waals surface area contributed by atoms with Crippen molar-refractivity contribution in [2.24, 2.45) is 11.7 Å². The fourth-order valence-electron chi connectivity index (χ4n) is 2.37. The summed E-state index contributed by atoms with van der Waals surface area (Å²) in [4.78, 5) is 12.2. The lowest BCUT2D eigenvalue weighted by Gasteiger charge is -2.21. The highest BCUT2D eigenvalue weighted by molar-refractivity contribution is 5.81. The van der Waals surface area contributed by atoms with Crippen molar-refractivity contribution < 1.29 is 19.0 Å². The zero-order valence-electron chi connectivity index (χ0n) is 14.8. The highest BCUT2D eigenvalue weighted by Crippen LogP contribution is 2.39. The molecule has 3 N–H and O–H groups in total. The Hall–Kier alpha value is -1.95. The largest absolute Gasteiger partial charge is 0.493 e. The van der Waals surface area contributed by atoms with E-state index < -0.39 is 6.04 Å². The number of amides is 1. The smallest absolute Gasteiger partial charge is 0.237 e. The van der Waals surface area contributed by atoms with Gasteiger partial charge in [-0.15, -0.1) is 0 Å². The second-order valence-electron chi connectivity index (χ2n) is 5.92. The Morgan fingerprint density at radius 3 is 2.00 bits per heavy atom. The van der Waals surface area contributed by atoms with Crippen LogP contribution in [0.4, 0.5) is 0 Å². The van der Waals surface area contributed by atoms with E-state index in [0.29, 0.717) is 29.6 Å². The van der Waals surface area contributed by atoms with E-state index in [1.165, 1.54) is 0 Å². The van der Waals surface area contributed by atoms with Crippen LogP contribution in [0.15, 0.2) is 12.1 Å². The molecule has 6 heteroatoms. The predicted molar refractivity (Wildman–Crippen MR) is 90.1 cm³/mol. The minimum absolute atomic E-state index is 0.167. The molecule has 1 rings (SSSR count). The fourth-order valence-corrected chi connectivity index (χ4v) is 2.37. The lowest BCUT2D eigenvalue weighted by Crippen LogP contribution is -2.42. The second kappa shape index (κ2) is 8.62. The Morgan fingerprint density at radius 1 is 1.09 bits per heavy atom. The highest BCUT2D eigenvalue weighted by Gasteiger charge is 2.20. The van der Waals surface area contributed by atoms with Gasteiger partial charge in [0.15, 0.2) is 11.5 Å². The molecule has 0 radical (unpaired) electrons. The first-order valence-electron chi connectivity index (χ1n) is 7.69. The third-order valence-corrected chi connectivity index (χ3v) is 3.61. The predicted octanol–water partition coefficient (Wildman–Crippen LogP) is 2.26. The van der Waals surface area contributed by atoms with Crippen molar-refractivity contribution in [1.29, 1.82) is 0 Å². The van der Waals surface area contributed by atoms with Crippen LogP contribution in [0, 0.1) is 5.92 Å². The second-order valence-corrected chi connectivity index (χ2v) is 5.92. The Labute approximate surface area is 138 Å². The van der Waals surface area contributed by atoms with Crippen molar-refractivity contribution in [3.63, 3.8) is 0 Å². The van der Waals surface area contributed by atoms with Crippen LogP contribution in [0.2, 0.25) is 0 Å². The Bertz CT molecular complexity index is 506. The van der Waals surface area contributed by atoms with Crippen molar-refractivity contribution in [3.05, 3.63) is 17.7 Å². The maximum atomic E-state index is 12.2. The van der Waals surface area contributed by atoms with Gasteiger partial charge in [-0.05, 0) is 37.0 Å². The van der Waals surface area contributed by atoms with Gasteiger partial charge in [0.1, 0.15) is 0 Å². The number of ether oxygens (including phenoxy) is 3. The standard InChI is InChI=1S/C17H28N2O4/c1-10(2)7-13(18)17(20)19-11(3)12-8-14(21-4)16(23-6)15(9-12)22-5/h8-11,13H,7,18H2,1-6H3,(H,19,20)/t11?,13-/m0/s1. The number of hydrogen-bond acceptors (Lipinski definition) is 5. The van der Waals surface area contributed by atoms with Crippen molar-refractivity contribution in [1.82, 2.24) is 5.32 Å². The summed E-state index contributed by atoms with van der Waals surface area (Å²) < 4.78 is 16.0. The van der Waals surface area contributed by atoms with Gasteiger partial charge < -0.3 is 25.3 Å². The first-order chi connectivity index (χ1) is 10.8. The summed E-state index contributed by atoms with van der Waals surface area (Å²) in [5, 5.41) is 2.93. The molecule has 1 aromatic carbocycles. The number of rotatable bonds is 8. The molecule has 2 atom stereocenters. The van der Waals surface area contributed by atoms with Gasteiger partial charge in [0.05, 0.1) is 33.4 Å². The normalized spacial score (nSPS) is 13.4. The topological polar surface area (TPSA) is 82.8 Å². The third kappa shape index (κ3) is 5.03. The quantitative estimate of drug-likeness (QED) is 0.766. The van der Waals surface area contributed by atoms with Gasteiger partial charge in [0.2, 0.25) is 11.7 Å². The van der Waals surface area contributed by atoms with Crippen LogP contribution in [-0.4, -0.2) is 33.3 Å². The minimum Gasteiger partial charge on any atom is -0.493 e. The summed E-state index contributed by atoms with van der Waals surface area (Å²) in [5.74, 6) is 1.82. The van der Waals surface area contributed by atoms with Crippen molar-refractivity contribution in [2.45, 2.75) is 39.3 Å². The number of methoxy groups -OCH3 is 3. The number of benzene rings is 1. The zero-order valence-corrected chi connectivity index (χ0v) is 14.8. The van der Waals surface area contributed by atoms with Gasteiger partial charge in [0, 0.05) is 0 Å². The highest BCUT2D eigenvalue weighted by atomic mass is 16.5. The fraction of sp³-hybridized carbons (Fsp3) is 0.588. The van der Waals surface area contributed by atoms with Crippen molar-refractivity contribution in [2.75, 3.05) is 21.3 Å². The number of nitrogens with two attached hydrogens (primary N) is 1. The molecule has 0 aromatic heterocycles. The molecule has 0 bridgehead atoms. The maximum absolute atomic E-state index is 12.2. The Balaban J connectivity index is 2.95. The molecule has 1 amide bonds. The summed E-state index contributed by atoms with van der Waals surface area (Å²) in [6.45, 7) is 5.96. The number of carbonyl (C=O) groups is 1. The maximum Gasteiger partial charge on any atom is 0.237 e. The molecular formula is C17H28N2O4. The van der Waals surface area contributed by atoms with Crippen molar-refractivity contribution >= 4 is 5.91 Å². The van der Waals surface area contributed by atoms with Crippen molar-refractivity contribution in [3.8, 4) is 17.2 Å². The summed E-state index contributed by atoms with van der Waals surface area (Å²) in [6.07, 6.45) is 0.647. The molecule has 0 spiro atoms. The number of hydrogen-bond donors (Lipinski definition) is 2. The molecule has 0 saturated carbocycles. The molecule has 1 aromatic rings. The van der Waals surface area contributed by atoms with E-state index in [9.17, 15) is 4.79 Å². The molecule has 0 fully saturated rings. The molecule has 130 valence electrons. The molecule has 0 aliphatic carbocycles. The summed E-state index contributed by atoms with van der Waals surface area (Å²) in [7, 11) is 4.67. The number of nitrogens with one attached hydrogen (secondary N) is 1. The van der Waals surface area contributed by atoms with Gasteiger partial charge in [-0.3, -0.25) is 4.79 Å². The molecule has 0 saturated heterocycles. The van der Waals surface area contributed by atoms with Crippen LogP contribution in [0.3, 0.4) is 0 Å². The van der Waals surface area contributed by atoms with Gasteiger partial charge in [-0.25, -0.2) is 0 Å². The molecule has 0 aliphatic rings. The van der Waals surface area contributed by atoms with Crippen LogP contribution >= 0.6 is 0 Å². The van der Waals surface area contributed by atoms with Gasteiger partial charge >= 0.3 is 0 Å². The average Bonchev–Trinajstić information content (AvgIpc) is 2.52. The molecule has 6 nitrogen and oxygen atoms in total. The first kappa shape index (κ1) is 19.1. The summed E-state index contributed by atoms with van der Waals surface area (Å²) in [5.41, 5.74) is 6.77. The summed E-state index contributed by atoms with van der Waals surface area (Å²) >= 11 is 0. The zero-order chi connectivity index (χ0) is 17.6. The van der Waals surface area contributed by atoms with E-state index in [-0.39, 0.29) is 11.9 Å². The van der Waals surface area contributed by atoms with Crippen LogP contribution in [0.25, 0.3) is 0 Å². The molecule has 1 unspecified atom stereocenters. The first-order valence-corrected chi connectivity index (χ1v) is 7.69. The van der Waals surface area contributed by atoms with E-state index in [4.69, 9.17) is 19.9 Å². The molecule has 0 heterocycles. The molecule has 23 heavy (non-hydrogen) atoms. The molecule has 0 aliphatic heterocycles. The van der Waals surface area contributed by atoms with Crippen LogP contribution in [0.5, 0.6) is 17.2 Å². The van der Waals surface area contributed by atoms with E-state index >= 15 is 0 Å². The van der Waals surface area contributed by atoms with E-state index in [2.05, 4.69) is 5.32 Å². The Morgan fingerprint density at radius 2 is 1.61 bits per heavy atom. The molecular weight excluding hydrogens is 296 g/mol. The number of carbonyl (C=O) groups excluding carboxylic acids is 1. The lowest BCUT2D eigenvalue weighted by atomic mass is 10.0. The van der Waals surface area contributed by atoms with Gasteiger partial charge in [-0.2, -0.15) is 0 Å². The average molecular weight is 324 g/mol. The van der Waals surface area contributed by atoms with Crippen LogP contribution in [0.1, 0.15) is 38.8 Å². The Kier molecular flexibility index (Phi) is 7.16. The van der Waals surface area contributed by atoms with E-state index in [1.54, 1.807) is 21.3 Å². The van der Waals surface area contributed by atoms with Crippen LogP contribution in [-0.2, 0) is 4.79 Å². The SMILES string of the molecule is COc1cc(C(C)NC(=O)[C@@H](N)CC(C)C)cc(OC)c1OC. The summed E-state index contributed by atoms with van der Waals surface area (Å²) in [6, 6.07) is 2.90. The van der Waals surface area contributed by atoms with Gasteiger partial charge in [0.25, 0.3) is 0 Å². The van der Waals surface area contributed by atoms with E-state index in [1.807, 2.05) is 32.9 Å². The van der Waals surface area contributed by atoms with E-state index in [0.717, 1.165) is 5.56 Å². The lowest BCUT2D eigenvalue weighted by molar-refractivity contribution is -0.123.